The van der Waals surface area contributed by atoms with Gasteiger partial charge in [0.05, 0.1) is 13.2 Å². The Balaban J connectivity index is 1.90. The molecule has 0 amide bonds. The number of allylic oxidation sites excluding steroid dienone is 1. The van der Waals surface area contributed by atoms with Crippen molar-refractivity contribution in [1.82, 2.24) is 4.98 Å². The first kappa shape index (κ1) is 16.2. The molecule has 122 valence electrons. The summed E-state index contributed by atoms with van der Waals surface area (Å²) in [5.41, 5.74) is 5.52. The minimum atomic E-state index is 0.502. The highest BCUT2D eigenvalue weighted by Gasteiger charge is 2.04. The van der Waals surface area contributed by atoms with E-state index >= 15 is 0 Å². The van der Waals surface area contributed by atoms with E-state index in [1.807, 2.05) is 12.3 Å². The van der Waals surface area contributed by atoms with Crippen LogP contribution < -0.4 is 5.32 Å². The Bertz CT molecular complexity index is 777. The Hall–Kier alpha value is -2.65. The van der Waals surface area contributed by atoms with Crippen LogP contribution in [0.2, 0.25) is 0 Å². The lowest BCUT2D eigenvalue weighted by Crippen LogP contribution is -2.02. The molecule has 2 aromatic rings. The van der Waals surface area contributed by atoms with E-state index < -0.39 is 0 Å². The summed E-state index contributed by atoms with van der Waals surface area (Å²) in [6, 6.07) is 12.7. The van der Waals surface area contributed by atoms with E-state index in [0.717, 1.165) is 29.9 Å². The number of ether oxygens (including phenoxy) is 1. The van der Waals surface area contributed by atoms with Crippen molar-refractivity contribution in [3.63, 3.8) is 0 Å². The van der Waals surface area contributed by atoms with Crippen molar-refractivity contribution >= 4 is 5.82 Å². The van der Waals surface area contributed by atoms with Gasteiger partial charge in [-0.05, 0) is 53.3 Å². The van der Waals surface area contributed by atoms with E-state index in [-0.39, 0.29) is 0 Å². The van der Waals surface area contributed by atoms with Gasteiger partial charge in [0.15, 0.2) is 0 Å². The lowest BCUT2D eigenvalue weighted by atomic mass is 10.0. The fourth-order valence-electron chi connectivity index (χ4n) is 2.73. The van der Waals surface area contributed by atoms with Crippen LogP contribution in [0.3, 0.4) is 0 Å². The smallest absolute Gasteiger partial charge is 0.130 e. The molecule has 2 heterocycles. The zero-order valence-electron chi connectivity index (χ0n) is 13.8. The van der Waals surface area contributed by atoms with Gasteiger partial charge in [-0.3, -0.25) is 0 Å². The lowest BCUT2D eigenvalue weighted by molar-refractivity contribution is 0.144. The molecule has 0 aliphatic carbocycles. The molecule has 24 heavy (non-hydrogen) atoms. The van der Waals surface area contributed by atoms with Gasteiger partial charge in [0.25, 0.3) is 0 Å². The average molecular weight is 318 g/mol. The van der Waals surface area contributed by atoms with Gasteiger partial charge >= 0.3 is 0 Å². The number of nitrogens with zero attached hydrogens (tertiary/aromatic N) is 1. The minimum absolute atomic E-state index is 0.502. The summed E-state index contributed by atoms with van der Waals surface area (Å²) in [6.07, 6.45) is 7.54. The van der Waals surface area contributed by atoms with Crippen molar-refractivity contribution in [2.75, 3.05) is 11.9 Å². The molecule has 3 nitrogen and oxygen atoms in total. The second-order valence-electron chi connectivity index (χ2n) is 5.94. The summed E-state index contributed by atoms with van der Waals surface area (Å²) >= 11 is 0. The van der Waals surface area contributed by atoms with Crippen molar-refractivity contribution in [3.05, 3.63) is 95.9 Å². The van der Waals surface area contributed by atoms with E-state index in [0.29, 0.717) is 13.2 Å². The first-order valence-corrected chi connectivity index (χ1v) is 8.12. The van der Waals surface area contributed by atoms with Gasteiger partial charge < -0.3 is 10.1 Å². The highest BCUT2D eigenvalue weighted by atomic mass is 16.5. The maximum atomic E-state index is 5.82. The highest BCUT2D eigenvalue weighted by Crippen LogP contribution is 2.15. The second kappa shape index (κ2) is 7.75. The quantitative estimate of drug-likeness (QED) is 0.844. The Morgan fingerprint density at radius 3 is 2.67 bits per heavy atom. The van der Waals surface area contributed by atoms with E-state index in [4.69, 9.17) is 4.74 Å². The molecule has 0 saturated heterocycles. The molecule has 0 radical (unpaired) electrons. The minimum Gasteiger partial charge on any atom is -0.372 e. The SMILES string of the molecule is C=C/C1=C\C(=C)Nc2cc(ccn2)CCc2cccc(c2)COC1. The fraction of sp³-hybridized carbons (Fsp3) is 0.190. The Labute approximate surface area is 143 Å². The van der Waals surface area contributed by atoms with Crippen LogP contribution >= 0.6 is 0 Å². The molecule has 0 atom stereocenters. The molecule has 3 rings (SSSR count). The van der Waals surface area contributed by atoms with Crippen LogP contribution in [-0.2, 0) is 24.2 Å². The van der Waals surface area contributed by atoms with Crippen molar-refractivity contribution in [2.45, 2.75) is 19.4 Å². The Morgan fingerprint density at radius 1 is 1.04 bits per heavy atom. The zero-order chi connectivity index (χ0) is 16.8. The van der Waals surface area contributed by atoms with Crippen LogP contribution in [-0.4, -0.2) is 11.6 Å². The van der Waals surface area contributed by atoms with Crippen molar-refractivity contribution in [3.8, 4) is 0 Å². The summed E-state index contributed by atoms with van der Waals surface area (Å²) < 4.78 is 5.82. The summed E-state index contributed by atoms with van der Waals surface area (Å²) in [5.74, 6) is 0.807. The van der Waals surface area contributed by atoms with Crippen molar-refractivity contribution in [2.24, 2.45) is 0 Å². The molecule has 0 fully saturated rings. The second-order valence-corrected chi connectivity index (χ2v) is 5.94. The molecular weight excluding hydrogens is 296 g/mol. The fourth-order valence-corrected chi connectivity index (χ4v) is 2.73. The molecule has 1 aromatic heterocycles. The van der Waals surface area contributed by atoms with Gasteiger partial charge in [0.2, 0.25) is 0 Å². The number of hydrogen-bond donors (Lipinski definition) is 1. The lowest BCUT2D eigenvalue weighted by Gasteiger charge is -2.09. The number of fused-ring (bicyclic) bond motifs is 4. The van der Waals surface area contributed by atoms with E-state index in [9.17, 15) is 0 Å². The molecular formula is C21H22N2O. The van der Waals surface area contributed by atoms with Crippen LogP contribution in [0.5, 0.6) is 0 Å². The van der Waals surface area contributed by atoms with Crippen LogP contribution in [0.15, 0.2) is 79.2 Å². The van der Waals surface area contributed by atoms with Gasteiger partial charge in [-0.1, -0.05) is 43.5 Å². The summed E-state index contributed by atoms with van der Waals surface area (Å²) in [6.45, 7) is 8.99. The summed E-state index contributed by atoms with van der Waals surface area (Å²) in [5, 5.41) is 3.24. The maximum absolute atomic E-state index is 5.82. The van der Waals surface area contributed by atoms with Gasteiger partial charge in [-0.2, -0.15) is 0 Å². The van der Waals surface area contributed by atoms with Crippen LogP contribution in [0.25, 0.3) is 0 Å². The first-order chi connectivity index (χ1) is 11.7. The first-order valence-electron chi connectivity index (χ1n) is 8.12. The predicted molar refractivity (Wildman–Crippen MR) is 98.8 cm³/mol. The number of rotatable bonds is 1. The van der Waals surface area contributed by atoms with Crippen molar-refractivity contribution in [1.29, 1.82) is 0 Å². The van der Waals surface area contributed by atoms with E-state index in [1.165, 1.54) is 16.7 Å². The largest absolute Gasteiger partial charge is 0.372 e. The molecule has 0 spiro atoms. The molecule has 0 unspecified atom stereocenters. The number of aryl methyl sites for hydroxylation is 2. The topological polar surface area (TPSA) is 34.2 Å². The van der Waals surface area contributed by atoms with E-state index in [2.05, 4.69) is 59.9 Å². The van der Waals surface area contributed by atoms with Gasteiger partial charge in [0, 0.05) is 11.9 Å². The maximum Gasteiger partial charge on any atom is 0.130 e. The summed E-state index contributed by atoms with van der Waals surface area (Å²) in [7, 11) is 0. The number of hydrogen-bond acceptors (Lipinski definition) is 3. The standard InChI is InChI=1S/C21H22N2O/c1-3-17-11-16(2)23-21-13-19(9-10-22-21)8-7-18-5-4-6-20(12-18)15-24-14-17/h3-6,9-13H,1-2,7-8,14-15H2,(H,22,23)/b17-11+. The molecule has 1 aromatic carbocycles. The molecule has 0 saturated carbocycles. The average Bonchev–Trinajstić information content (AvgIpc) is 2.59. The van der Waals surface area contributed by atoms with Crippen LogP contribution in [0, 0.1) is 0 Å². The number of anilines is 1. The normalized spacial score (nSPS) is 17.7. The number of pyridine rings is 1. The third-order valence-corrected chi connectivity index (χ3v) is 3.97. The van der Waals surface area contributed by atoms with Crippen LogP contribution in [0.4, 0.5) is 5.82 Å². The number of nitrogens with one attached hydrogen (secondary N) is 1. The molecule has 1 aliphatic heterocycles. The Morgan fingerprint density at radius 2 is 1.83 bits per heavy atom. The van der Waals surface area contributed by atoms with Gasteiger partial charge in [0.1, 0.15) is 5.82 Å². The molecule has 1 N–H and O–H groups in total. The summed E-state index contributed by atoms with van der Waals surface area (Å²) in [4.78, 5) is 4.37. The van der Waals surface area contributed by atoms with Crippen molar-refractivity contribution < 1.29 is 4.74 Å². The Kier molecular flexibility index (Phi) is 5.24. The number of aromatic nitrogens is 1. The monoisotopic (exact) mass is 318 g/mol. The third kappa shape index (κ3) is 4.43. The van der Waals surface area contributed by atoms with Gasteiger partial charge in [-0.25, -0.2) is 4.98 Å². The molecule has 1 aliphatic rings. The van der Waals surface area contributed by atoms with E-state index in [1.54, 1.807) is 6.08 Å². The van der Waals surface area contributed by atoms with Crippen LogP contribution in [0.1, 0.15) is 16.7 Å². The zero-order valence-corrected chi connectivity index (χ0v) is 13.8. The predicted octanol–water partition coefficient (Wildman–Crippen LogP) is 4.44. The van der Waals surface area contributed by atoms with Gasteiger partial charge in [-0.15, -0.1) is 0 Å². The number of benzene rings is 1. The molecule has 4 bridgehead atoms. The molecule has 3 heteroatoms. The highest BCUT2D eigenvalue weighted by molar-refractivity contribution is 5.47. The third-order valence-electron chi connectivity index (χ3n) is 3.97.